The van der Waals surface area contributed by atoms with Gasteiger partial charge in [-0.25, -0.2) is 4.39 Å². The molecule has 1 atom stereocenters. The second-order valence-electron chi connectivity index (χ2n) is 5.82. The van der Waals surface area contributed by atoms with E-state index in [0.717, 1.165) is 16.9 Å². The van der Waals surface area contributed by atoms with Crippen LogP contribution >= 0.6 is 0 Å². The van der Waals surface area contributed by atoms with Gasteiger partial charge >= 0.3 is 0 Å². The molecule has 1 N–H and O–H groups in total. The van der Waals surface area contributed by atoms with Crippen LogP contribution in [-0.2, 0) is 11.2 Å². The molecule has 126 valence electrons. The average Bonchev–Trinajstić information content (AvgIpc) is 2.61. The van der Waals surface area contributed by atoms with Crippen LogP contribution in [0, 0.1) is 5.82 Å². The largest absolute Gasteiger partial charge is 0.486 e. The van der Waals surface area contributed by atoms with Crippen molar-refractivity contribution in [2.75, 3.05) is 13.2 Å². The number of aryl methyl sites for hydroxylation is 1. The van der Waals surface area contributed by atoms with Gasteiger partial charge in [0.1, 0.15) is 19.0 Å². The minimum atomic E-state index is -0.268. The molecule has 1 heterocycles. The van der Waals surface area contributed by atoms with Crippen molar-refractivity contribution in [3.8, 4) is 11.5 Å². The Hall–Kier alpha value is -2.56. The summed E-state index contributed by atoms with van der Waals surface area (Å²) in [6.45, 7) is 3.03. The highest BCUT2D eigenvalue weighted by molar-refractivity contribution is 5.76. The quantitative estimate of drug-likeness (QED) is 0.914. The summed E-state index contributed by atoms with van der Waals surface area (Å²) in [5.74, 6) is 1.14. The molecular weight excluding hydrogens is 309 g/mol. The van der Waals surface area contributed by atoms with Crippen LogP contribution in [0.15, 0.2) is 42.5 Å². The van der Waals surface area contributed by atoms with Gasteiger partial charge in [0.2, 0.25) is 5.91 Å². The number of carbonyl (C=O) groups is 1. The van der Waals surface area contributed by atoms with Gasteiger partial charge in [0.15, 0.2) is 11.5 Å². The van der Waals surface area contributed by atoms with E-state index in [1.165, 1.54) is 12.1 Å². The van der Waals surface area contributed by atoms with Gasteiger partial charge in [-0.1, -0.05) is 18.2 Å². The van der Waals surface area contributed by atoms with Gasteiger partial charge in [0, 0.05) is 6.42 Å². The fourth-order valence-corrected chi connectivity index (χ4v) is 2.64. The van der Waals surface area contributed by atoms with E-state index in [1.54, 1.807) is 12.1 Å². The number of amides is 1. The van der Waals surface area contributed by atoms with Crippen LogP contribution in [0.2, 0.25) is 0 Å². The summed E-state index contributed by atoms with van der Waals surface area (Å²) in [5.41, 5.74) is 1.91. The summed E-state index contributed by atoms with van der Waals surface area (Å²) in [6.07, 6.45) is 0.945. The van der Waals surface area contributed by atoms with E-state index in [9.17, 15) is 9.18 Å². The molecular formula is C19H20FNO3. The van der Waals surface area contributed by atoms with Crippen LogP contribution in [0.4, 0.5) is 4.39 Å². The first-order chi connectivity index (χ1) is 11.6. The van der Waals surface area contributed by atoms with E-state index in [-0.39, 0.29) is 17.8 Å². The van der Waals surface area contributed by atoms with Crippen LogP contribution in [-0.4, -0.2) is 19.1 Å². The number of ether oxygens (including phenoxy) is 2. The van der Waals surface area contributed by atoms with Crippen molar-refractivity contribution < 1.29 is 18.7 Å². The third-order valence-electron chi connectivity index (χ3n) is 4.00. The molecule has 4 nitrogen and oxygen atoms in total. The van der Waals surface area contributed by atoms with E-state index >= 15 is 0 Å². The highest BCUT2D eigenvalue weighted by atomic mass is 19.1. The van der Waals surface area contributed by atoms with Crippen molar-refractivity contribution in [1.82, 2.24) is 5.32 Å². The highest BCUT2D eigenvalue weighted by Gasteiger charge is 2.15. The zero-order valence-corrected chi connectivity index (χ0v) is 13.5. The molecule has 2 aromatic carbocycles. The molecule has 0 fully saturated rings. The maximum absolute atomic E-state index is 12.9. The van der Waals surface area contributed by atoms with Gasteiger partial charge in [-0.3, -0.25) is 4.79 Å². The third kappa shape index (κ3) is 4.04. The Morgan fingerprint density at radius 1 is 1.12 bits per heavy atom. The molecule has 5 heteroatoms. The summed E-state index contributed by atoms with van der Waals surface area (Å²) in [7, 11) is 0. The Labute approximate surface area is 140 Å². The van der Waals surface area contributed by atoms with Gasteiger partial charge in [0.25, 0.3) is 0 Å². The number of halogens is 1. The van der Waals surface area contributed by atoms with Gasteiger partial charge < -0.3 is 14.8 Å². The molecule has 0 unspecified atom stereocenters. The van der Waals surface area contributed by atoms with E-state index in [1.807, 2.05) is 25.1 Å². The van der Waals surface area contributed by atoms with E-state index in [2.05, 4.69) is 5.32 Å². The summed E-state index contributed by atoms with van der Waals surface area (Å²) >= 11 is 0. The van der Waals surface area contributed by atoms with Crippen LogP contribution in [0.5, 0.6) is 11.5 Å². The number of rotatable bonds is 5. The molecule has 2 aromatic rings. The smallest absolute Gasteiger partial charge is 0.220 e. The second kappa shape index (κ2) is 7.34. The lowest BCUT2D eigenvalue weighted by Gasteiger charge is -2.21. The van der Waals surface area contributed by atoms with Crippen molar-refractivity contribution in [3.05, 3.63) is 59.4 Å². The maximum Gasteiger partial charge on any atom is 0.220 e. The Morgan fingerprint density at radius 3 is 2.58 bits per heavy atom. The van der Waals surface area contributed by atoms with Crippen molar-refractivity contribution in [2.45, 2.75) is 25.8 Å². The summed E-state index contributed by atoms with van der Waals surface area (Å²) in [4.78, 5) is 12.1. The lowest BCUT2D eigenvalue weighted by atomic mass is 10.1. The first kappa shape index (κ1) is 16.3. The van der Waals surface area contributed by atoms with Crippen molar-refractivity contribution in [1.29, 1.82) is 0 Å². The Morgan fingerprint density at radius 2 is 1.83 bits per heavy atom. The minimum absolute atomic E-state index is 0.0401. The predicted octanol–water partition coefficient (Wildman–Crippen LogP) is 3.41. The molecule has 1 aliphatic rings. The zero-order valence-electron chi connectivity index (χ0n) is 13.5. The summed E-state index contributed by atoms with van der Waals surface area (Å²) < 4.78 is 23.9. The standard InChI is InChI=1S/C19H20FNO3/c1-13(15-5-8-17-18(12-15)24-11-10-23-17)21-19(22)9-4-14-2-6-16(20)7-3-14/h2-3,5-8,12-13H,4,9-11H2,1H3,(H,21,22)/t13-/m0/s1. The molecule has 3 rings (SSSR count). The van der Waals surface area contributed by atoms with Crippen LogP contribution in [0.25, 0.3) is 0 Å². The first-order valence-corrected chi connectivity index (χ1v) is 8.05. The lowest BCUT2D eigenvalue weighted by molar-refractivity contribution is -0.121. The maximum atomic E-state index is 12.9. The number of carbonyl (C=O) groups excluding carboxylic acids is 1. The van der Waals surface area contributed by atoms with E-state index < -0.39 is 0 Å². The molecule has 1 amide bonds. The van der Waals surface area contributed by atoms with Crippen molar-refractivity contribution in [2.24, 2.45) is 0 Å². The van der Waals surface area contributed by atoms with Gasteiger partial charge in [-0.05, 0) is 48.7 Å². The minimum Gasteiger partial charge on any atom is -0.486 e. The Balaban J connectivity index is 1.55. The van der Waals surface area contributed by atoms with E-state index in [4.69, 9.17) is 9.47 Å². The topological polar surface area (TPSA) is 47.6 Å². The predicted molar refractivity (Wildman–Crippen MR) is 88.7 cm³/mol. The normalized spacial score (nSPS) is 14.1. The lowest BCUT2D eigenvalue weighted by Crippen LogP contribution is -2.27. The number of hydrogen-bond acceptors (Lipinski definition) is 3. The molecule has 24 heavy (non-hydrogen) atoms. The van der Waals surface area contributed by atoms with Gasteiger partial charge in [0.05, 0.1) is 6.04 Å². The molecule has 0 aliphatic carbocycles. The van der Waals surface area contributed by atoms with Crippen LogP contribution in [0.3, 0.4) is 0 Å². The molecule has 0 spiro atoms. The average molecular weight is 329 g/mol. The fraction of sp³-hybridized carbons (Fsp3) is 0.316. The number of hydrogen-bond donors (Lipinski definition) is 1. The van der Waals surface area contributed by atoms with E-state index in [0.29, 0.717) is 31.8 Å². The molecule has 0 saturated heterocycles. The first-order valence-electron chi connectivity index (χ1n) is 8.05. The third-order valence-corrected chi connectivity index (χ3v) is 4.00. The fourth-order valence-electron chi connectivity index (χ4n) is 2.64. The SMILES string of the molecule is C[C@H](NC(=O)CCc1ccc(F)cc1)c1ccc2c(c1)OCCO2. The Bertz CT molecular complexity index is 715. The van der Waals surface area contributed by atoms with Crippen molar-refractivity contribution in [3.63, 3.8) is 0 Å². The number of fused-ring (bicyclic) bond motifs is 1. The molecule has 0 saturated carbocycles. The number of benzene rings is 2. The molecule has 0 radical (unpaired) electrons. The summed E-state index contributed by atoms with van der Waals surface area (Å²) in [5, 5.41) is 2.98. The van der Waals surface area contributed by atoms with Crippen LogP contribution < -0.4 is 14.8 Å². The molecule has 0 bridgehead atoms. The molecule has 1 aliphatic heterocycles. The Kier molecular flexibility index (Phi) is 4.99. The second-order valence-corrected chi connectivity index (χ2v) is 5.82. The van der Waals surface area contributed by atoms with Crippen molar-refractivity contribution >= 4 is 5.91 Å². The highest BCUT2D eigenvalue weighted by Crippen LogP contribution is 2.32. The van der Waals surface area contributed by atoms with Crippen LogP contribution in [0.1, 0.15) is 30.5 Å². The number of nitrogens with one attached hydrogen (secondary N) is 1. The van der Waals surface area contributed by atoms with Gasteiger partial charge in [-0.2, -0.15) is 0 Å². The monoisotopic (exact) mass is 329 g/mol. The summed E-state index contributed by atoms with van der Waals surface area (Å²) in [6, 6.07) is 11.8. The van der Waals surface area contributed by atoms with Gasteiger partial charge in [-0.15, -0.1) is 0 Å². The zero-order chi connectivity index (χ0) is 16.9. The molecule has 0 aromatic heterocycles.